The highest BCUT2D eigenvalue weighted by atomic mass is 16.5. The van der Waals surface area contributed by atoms with Crippen LogP contribution in [0.25, 0.3) is 0 Å². The molecule has 0 radical (unpaired) electrons. The van der Waals surface area contributed by atoms with Crippen molar-refractivity contribution in [3.05, 3.63) is 0 Å². The molecule has 0 saturated carbocycles. The van der Waals surface area contributed by atoms with Gasteiger partial charge < -0.3 is 4.74 Å². The van der Waals surface area contributed by atoms with E-state index in [1.54, 1.807) is 0 Å². The molecular formula is C15H30O2. The highest BCUT2D eigenvalue weighted by molar-refractivity contribution is 5.65. The van der Waals surface area contributed by atoms with Gasteiger partial charge in [0.15, 0.2) is 0 Å². The second-order valence-corrected chi connectivity index (χ2v) is 5.77. The first-order chi connectivity index (χ1) is 7.98. The molecule has 0 bridgehead atoms. The summed E-state index contributed by atoms with van der Waals surface area (Å²) in [7, 11) is 0. The molecule has 0 aliphatic heterocycles. The summed E-state index contributed by atoms with van der Waals surface area (Å²) < 4.78 is 5.00. The SMILES string of the molecule is CCCCCCCCC(C)(C)CCOC(C)=O. The van der Waals surface area contributed by atoms with Gasteiger partial charge in [-0.05, 0) is 18.3 Å². The Morgan fingerprint density at radius 1 is 1.00 bits per heavy atom. The second-order valence-electron chi connectivity index (χ2n) is 5.77. The van der Waals surface area contributed by atoms with E-state index in [-0.39, 0.29) is 5.97 Å². The number of hydrogen-bond acceptors (Lipinski definition) is 2. The molecule has 0 amide bonds. The van der Waals surface area contributed by atoms with Gasteiger partial charge in [0.25, 0.3) is 0 Å². The molecule has 0 heterocycles. The van der Waals surface area contributed by atoms with Crippen LogP contribution in [0, 0.1) is 5.41 Å². The number of unbranched alkanes of at least 4 members (excludes halogenated alkanes) is 5. The Morgan fingerprint density at radius 2 is 1.59 bits per heavy atom. The number of carbonyl (C=O) groups excluding carboxylic acids is 1. The zero-order chi connectivity index (χ0) is 13.1. The molecule has 2 nitrogen and oxygen atoms in total. The van der Waals surface area contributed by atoms with Crippen molar-refractivity contribution in [2.75, 3.05) is 6.61 Å². The molecular weight excluding hydrogens is 212 g/mol. The fraction of sp³-hybridized carbons (Fsp3) is 0.933. The van der Waals surface area contributed by atoms with Gasteiger partial charge in [-0.3, -0.25) is 4.79 Å². The molecule has 0 atom stereocenters. The third-order valence-corrected chi connectivity index (χ3v) is 3.29. The predicted octanol–water partition coefficient (Wildman–Crippen LogP) is 4.72. The molecule has 2 heteroatoms. The van der Waals surface area contributed by atoms with Crippen molar-refractivity contribution in [1.29, 1.82) is 0 Å². The average molecular weight is 242 g/mol. The molecule has 0 aromatic heterocycles. The van der Waals surface area contributed by atoms with Crippen LogP contribution in [0.15, 0.2) is 0 Å². The molecule has 0 fully saturated rings. The van der Waals surface area contributed by atoms with Crippen molar-refractivity contribution in [3.8, 4) is 0 Å². The maximum atomic E-state index is 10.7. The number of esters is 1. The van der Waals surface area contributed by atoms with Crippen LogP contribution in [0.1, 0.15) is 79.1 Å². The number of rotatable bonds is 10. The standard InChI is InChI=1S/C15H30O2/c1-5-6-7-8-9-10-11-15(3,4)12-13-17-14(2)16/h5-13H2,1-4H3. The molecule has 0 aliphatic rings. The molecule has 0 rings (SSSR count). The Labute approximate surface area is 107 Å². The van der Waals surface area contributed by atoms with Gasteiger partial charge in [-0.15, -0.1) is 0 Å². The first-order valence-corrected chi connectivity index (χ1v) is 7.11. The fourth-order valence-electron chi connectivity index (χ4n) is 1.98. The van der Waals surface area contributed by atoms with E-state index >= 15 is 0 Å². The molecule has 0 unspecified atom stereocenters. The summed E-state index contributed by atoms with van der Waals surface area (Å²) in [6, 6.07) is 0. The van der Waals surface area contributed by atoms with Gasteiger partial charge in [0.05, 0.1) is 6.61 Å². The van der Waals surface area contributed by atoms with Crippen LogP contribution < -0.4 is 0 Å². The van der Waals surface area contributed by atoms with Crippen molar-refractivity contribution in [2.45, 2.75) is 79.1 Å². The summed E-state index contributed by atoms with van der Waals surface area (Å²) in [5.41, 5.74) is 0.306. The highest BCUT2D eigenvalue weighted by Gasteiger charge is 2.17. The van der Waals surface area contributed by atoms with E-state index < -0.39 is 0 Å². The third-order valence-electron chi connectivity index (χ3n) is 3.29. The number of hydrogen-bond donors (Lipinski definition) is 0. The lowest BCUT2D eigenvalue weighted by molar-refractivity contribution is -0.141. The Kier molecular flexibility index (Phi) is 9.20. The van der Waals surface area contributed by atoms with Crippen LogP contribution in [-0.4, -0.2) is 12.6 Å². The van der Waals surface area contributed by atoms with E-state index in [1.165, 1.54) is 51.9 Å². The van der Waals surface area contributed by atoms with Crippen LogP contribution in [0.2, 0.25) is 0 Å². The summed E-state index contributed by atoms with van der Waals surface area (Å²) >= 11 is 0. The Hall–Kier alpha value is -0.530. The smallest absolute Gasteiger partial charge is 0.302 e. The summed E-state index contributed by atoms with van der Waals surface area (Å²) in [4.78, 5) is 10.7. The van der Waals surface area contributed by atoms with E-state index in [4.69, 9.17) is 4.74 Å². The zero-order valence-electron chi connectivity index (χ0n) is 12.2. The quantitative estimate of drug-likeness (QED) is 0.409. The van der Waals surface area contributed by atoms with Gasteiger partial charge in [-0.25, -0.2) is 0 Å². The van der Waals surface area contributed by atoms with Crippen molar-refractivity contribution >= 4 is 5.97 Å². The number of ether oxygens (including phenoxy) is 1. The Bertz CT molecular complexity index is 197. The summed E-state index contributed by atoms with van der Waals surface area (Å²) in [5, 5.41) is 0. The largest absolute Gasteiger partial charge is 0.466 e. The minimum absolute atomic E-state index is 0.166. The third kappa shape index (κ3) is 11.7. The van der Waals surface area contributed by atoms with E-state index in [1.807, 2.05) is 0 Å². The minimum Gasteiger partial charge on any atom is -0.466 e. The minimum atomic E-state index is -0.166. The zero-order valence-corrected chi connectivity index (χ0v) is 12.2. The molecule has 17 heavy (non-hydrogen) atoms. The van der Waals surface area contributed by atoms with Gasteiger partial charge in [0.2, 0.25) is 0 Å². The maximum Gasteiger partial charge on any atom is 0.302 e. The molecule has 0 saturated heterocycles. The van der Waals surface area contributed by atoms with Crippen LogP contribution in [-0.2, 0) is 9.53 Å². The van der Waals surface area contributed by atoms with Gasteiger partial charge in [0, 0.05) is 6.92 Å². The summed E-state index contributed by atoms with van der Waals surface area (Å²) in [5.74, 6) is -0.166. The summed E-state index contributed by atoms with van der Waals surface area (Å²) in [6.07, 6.45) is 10.3. The van der Waals surface area contributed by atoms with Gasteiger partial charge in [0.1, 0.15) is 0 Å². The maximum absolute atomic E-state index is 10.7. The molecule has 0 spiro atoms. The fourth-order valence-corrected chi connectivity index (χ4v) is 1.98. The van der Waals surface area contributed by atoms with Crippen molar-refractivity contribution in [1.82, 2.24) is 0 Å². The molecule has 0 N–H and O–H groups in total. The topological polar surface area (TPSA) is 26.3 Å². The first-order valence-electron chi connectivity index (χ1n) is 7.11. The monoisotopic (exact) mass is 242 g/mol. The molecule has 102 valence electrons. The van der Waals surface area contributed by atoms with Gasteiger partial charge in [-0.2, -0.15) is 0 Å². The molecule has 0 aromatic rings. The van der Waals surface area contributed by atoms with Gasteiger partial charge in [-0.1, -0.05) is 59.3 Å². The van der Waals surface area contributed by atoms with Crippen molar-refractivity contribution < 1.29 is 9.53 Å². The second kappa shape index (κ2) is 9.49. The summed E-state index contributed by atoms with van der Waals surface area (Å²) in [6.45, 7) is 8.82. The first kappa shape index (κ1) is 16.5. The Morgan fingerprint density at radius 3 is 2.18 bits per heavy atom. The number of carbonyl (C=O) groups is 1. The van der Waals surface area contributed by atoms with Crippen LogP contribution >= 0.6 is 0 Å². The average Bonchev–Trinajstić information content (AvgIpc) is 2.22. The van der Waals surface area contributed by atoms with E-state index in [9.17, 15) is 4.79 Å². The Balaban J connectivity index is 3.46. The lowest BCUT2D eigenvalue weighted by Crippen LogP contribution is -2.15. The van der Waals surface area contributed by atoms with Gasteiger partial charge >= 0.3 is 5.97 Å². The van der Waals surface area contributed by atoms with E-state index in [0.717, 1.165) is 6.42 Å². The normalized spacial score (nSPS) is 11.5. The predicted molar refractivity (Wildman–Crippen MR) is 73.0 cm³/mol. The molecule has 0 aromatic carbocycles. The van der Waals surface area contributed by atoms with Crippen molar-refractivity contribution in [2.24, 2.45) is 5.41 Å². The molecule has 0 aliphatic carbocycles. The van der Waals surface area contributed by atoms with Crippen LogP contribution in [0.3, 0.4) is 0 Å². The van der Waals surface area contributed by atoms with E-state index in [0.29, 0.717) is 12.0 Å². The van der Waals surface area contributed by atoms with Crippen molar-refractivity contribution in [3.63, 3.8) is 0 Å². The lowest BCUT2D eigenvalue weighted by Gasteiger charge is -2.24. The highest BCUT2D eigenvalue weighted by Crippen LogP contribution is 2.28. The van der Waals surface area contributed by atoms with Crippen LogP contribution in [0.4, 0.5) is 0 Å². The lowest BCUT2D eigenvalue weighted by atomic mass is 9.84. The van der Waals surface area contributed by atoms with E-state index in [2.05, 4.69) is 20.8 Å². The van der Waals surface area contributed by atoms with Crippen LogP contribution in [0.5, 0.6) is 0 Å².